The number of alkyl halides is 3. The van der Waals surface area contributed by atoms with Gasteiger partial charge in [0.15, 0.2) is 5.69 Å². The van der Waals surface area contributed by atoms with Crippen LogP contribution < -0.4 is 0 Å². The molecule has 0 spiro atoms. The fourth-order valence-electron chi connectivity index (χ4n) is 2.66. The Morgan fingerprint density at radius 3 is 2.21 bits per heavy atom. The van der Waals surface area contributed by atoms with Crippen molar-refractivity contribution in [2.24, 2.45) is 0 Å². The maximum atomic E-state index is 13.2. The van der Waals surface area contributed by atoms with Crippen LogP contribution in [0.5, 0.6) is 0 Å². The Morgan fingerprint density at radius 1 is 1.03 bits per heavy atom. The van der Waals surface area contributed by atoms with Crippen molar-refractivity contribution < 1.29 is 30.2 Å². The molecule has 0 bridgehead atoms. The lowest BCUT2D eigenvalue weighted by Gasteiger charge is -2.09. The van der Waals surface area contributed by atoms with Crippen LogP contribution in [0, 0.1) is 5.82 Å². The van der Waals surface area contributed by atoms with Crippen molar-refractivity contribution >= 4 is 10.1 Å². The Bertz CT molecular complexity index is 1090. The number of nitrogens with zero attached hydrogens (tertiary/aromatic N) is 2. The molecule has 0 saturated heterocycles. The monoisotopic (exact) mass is 428 g/mol. The van der Waals surface area contributed by atoms with Crippen molar-refractivity contribution in [3.05, 3.63) is 71.7 Å². The molecule has 1 heterocycles. The first-order valence-electron chi connectivity index (χ1n) is 8.40. The van der Waals surface area contributed by atoms with Crippen LogP contribution in [0.15, 0.2) is 54.6 Å². The standard InChI is InChI=1S/C19H16F4N2O3S/c1-29(26,27)28-11-10-13-2-4-14(5-3-13)17-12-18(19(21,22)23)24-25(17)16-8-6-15(20)7-9-16/h2-9,12H,10-11H2,1H3. The molecule has 0 saturated carbocycles. The first-order valence-corrected chi connectivity index (χ1v) is 10.2. The fraction of sp³-hybridized carbons (Fsp3) is 0.211. The third-order valence-corrected chi connectivity index (χ3v) is 4.60. The lowest BCUT2D eigenvalue weighted by molar-refractivity contribution is -0.141. The minimum atomic E-state index is -4.64. The predicted molar refractivity (Wildman–Crippen MR) is 98.5 cm³/mol. The minimum Gasteiger partial charge on any atom is -0.270 e. The Kier molecular flexibility index (Phi) is 5.76. The van der Waals surface area contributed by atoms with Gasteiger partial charge in [0.05, 0.1) is 24.2 Å². The van der Waals surface area contributed by atoms with Gasteiger partial charge in [-0.25, -0.2) is 9.07 Å². The maximum absolute atomic E-state index is 13.2. The van der Waals surface area contributed by atoms with E-state index < -0.39 is 27.8 Å². The van der Waals surface area contributed by atoms with Crippen molar-refractivity contribution in [1.29, 1.82) is 0 Å². The molecule has 154 valence electrons. The highest BCUT2D eigenvalue weighted by Crippen LogP contribution is 2.33. The minimum absolute atomic E-state index is 0.0378. The van der Waals surface area contributed by atoms with Crippen molar-refractivity contribution in [3.8, 4) is 16.9 Å². The van der Waals surface area contributed by atoms with Gasteiger partial charge < -0.3 is 0 Å². The highest BCUT2D eigenvalue weighted by molar-refractivity contribution is 7.85. The highest BCUT2D eigenvalue weighted by atomic mass is 32.2. The highest BCUT2D eigenvalue weighted by Gasteiger charge is 2.35. The van der Waals surface area contributed by atoms with Crippen LogP contribution in [0.2, 0.25) is 0 Å². The lowest BCUT2D eigenvalue weighted by atomic mass is 10.1. The van der Waals surface area contributed by atoms with Crippen LogP contribution in [-0.4, -0.2) is 31.1 Å². The van der Waals surface area contributed by atoms with Gasteiger partial charge in [-0.05, 0) is 42.3 Å². The number of aromatic nitrogens is 2. The quantitative estimate of drug-likeness (QED) is 0.436. The molecule has 0 aliphatic heterocycles. The molecule has 3 rings (SSSR count). The van der Waals surface area contributed by atoms with Crippen LogP contribution in [0.3, 0.4) is 0 Å². The lowest BCUT2D eigenvalue weighted by Crippen LogP contribution is -2.07. The van der Waals surface area contributed by atoms with E-state index in [0.717, 1.165) is 34.7 Å². The summed E-state index contributed by atoms with van der Waals surface area (Å²) in [6.07, 6.45) is -3.37. The average Bonchev–Trinajstić information content (AvgIpc) is 3.08. The Balaban J connectivity index is 1.92. The molecule has 0 unspecified atom stereocenters. The van der Waals surface area contributed by atoms with Crippen molar-refractivity contribution in [2.45, 2.75) is 12.6 Å². The molecule has 1 aromatic heterocycles. The SMILES string of the molecule is CS(=O)(=O)OCCc1ccc(-c2cc(C(F)(F)F)nn2-c2ccc(F)cc2)cc1. The van der Waals surface area contributed by atoms with E-state index in [1.54, 1.807) is 24.3 Å². The zero-order valence-electron chi connectivity index (χ0n) is 15.1. The summed E-state index contributed by atoms with van der Waals surface area (Å²) in [5.41, 5.74) is 0.610. The van der Waals surface area contributed by atoms with E-state index in [2.05, 4.69) is 9.28 Å². The molecule has 3 aromatic rings. The summed E-state index contributed by atoms with van der Waals surface area (Å²) >= 11 is 0. The van der Waals surface area contributed by atoms with E-state index in [4.69, 9.17) is 0 Å². The number of rotatable bonds is 6. The number of hydrogen-bond donors (Lipinski definition) is 0. The van der Waals surface area contributed by atoms with Gasteiger partial charge in [0, 0.05) is 5.56 Å². The Hall–Kier alpha value is -2.72. The van der Waals surface area contributed by atoms with Crippen LogP contribution >= 0.6 is 0 Å². The normalized spacial score (nSPS) is 12.3. The topological polar surface area (TPSA) is 61.2 Å². The molecule has 0 radical (unpaired) electrons. The molecule has 0 fully saturated rings. The zero-order chi connectivity index (χ0) is 21.2. The molecule has 29 heavy (non-hydrogen) atoms. The van der Waals surface area contributed by atoms with Gasteiger partial charge in [-0.15, -0.1) is 0 Å². The molecule has 0 aliphatic carbocycles. The van der Waals surface area contributed by atoms with Gasteiger partial charge in [0.2, 0.25) is 0 Å². The van der Waals surface area contributed by atoms with E-state index in [0.29, 0.717) is 12.0 Å². The van der Waals surface area contributed by atoms with Crippen LogP contribution in [-0.2, 0) is 26.9 Å². The van der Waals surface area contributed by atoms with Gasteiger partial charge in [-0.3, -0.25) is 4.18 Å². The fourth-order valence-corrected chi connectivity index (χ4v) is 3.04. The summed E-state index contributed by atoms with van der Waals surface area (Å²) in [4.78, 5) is 0. The van der Waals surface area contributed by atoms with Gasteiger partial charge in [-0.2, -0.15) is 26.7 Å². The van der Waals surface area contributed by atoms with E-state index in [-0.39, 0.29) is 18.0 Å². The second-order valence-electron chi connectivity index (χ2n) is 6.27. The first-order chi connectivity index (χ1) is 13.5. The molecule has 0 N–H and O–H groups in total. The van der Waals surface area contributed by atoms with E-state index >= 15 is 0 Å². The van der Waals surface area contributed by atoms with Crippen LogP contribution in [0.4, 0.5) is 17.6 Å². The summed E-state index contributed by atoms with van der Waals surface area (Å²) in [5, 5.41) is 3.64. The van der Waals surface area contributed by atoms with E-state index in [9.17, 15) is 26.0 Å². The summed E-state index contributed by atoms with van der Waals surface area (Å²) in [7, 11) is -3.54. The number of benzene rings is 2. The molecule has 0 aliphatic rings. The zero-order valence-corrected chi connectivity index (χ0v) is 16.0. The predicted octanol–water partition coefficient (Wildman–Crippen LogP) is 4.22. The second kappa shape index (κ2) is 7.96. The molecule has 2 aromatic carbocycles. The Morgan fingerprint density at radius 2 is 1.66 bits per heavy atom. The van der Waals surface area contributed by atoms with Gasteiger partial charge in [-0.1, -0.05) is 24.3 Å². The molecule has 10 heteroatoms. The molecule has 5 nitrogen and oxygen atoms in total. The number of halogens is 4. The Labute approximate surface area is 164 Å². The number of hydrogen-bond acceptors (Lipinski definition) is 4. The molecular weight excluding hydrogens is 412 g/mol. The maximum Gasteiger partial charge on any atom is 0.435 e. The van der Waals surface area contributed by atoms with Crippen molar-refractivity contribution in [1.82, 2.24) is 9.78 Å². The molecule has 0 amide bonds. The largest absolute Gasteiger partial charge is 0.435 e. The van der Waals surface area contributed by atoms with Crippen molar-refractivity contribution in [2.75, 3.05) is 12.9 Å². The van der Waals surface area contributed by atoms with Gasteiger partial charge in [0.25, 0.3) is 10.1 Å². The second-order valence-corrected chi connectivity index (χ2v) is 7.92. The van der Waals surface area contributed by atoms with Crippen LogP contribution in [0.25, 0.3) is 16.9 Å². The van der Waals surface area contributed by atoms with Crippen molar-refractivity contribution in [3.63, 3.8) is 0 Å². The summed E-state index contributed by atoms with van der Waals surface area (Å²) in [5.74, 6) is -0.515. The third-order valence-electron chi connectivity index (χ3n) is 4.01. The summed E-state index contributed by atoms with van der Waals surface area (Å²) in [6, 6.07) is 12.4. The summed E-state index contributed by atoms with van der Waals surface area (Å²) < 4.78 is 80.5. The van der Waals surface area contributed by atoms with E-state index in [1.165, 1.54) is 12.1 Å². The van der Waals surface area contributed by atoms with Crippen LogP contribution in [0.1, 0.15) is 11.3 Å². The molecule has 0 atom stereocenters. The van der Waals surface area contributed by atoms with E-state index in [1.807, 2.05) is 0 Å². The first kappa shape index (κ1) is 21.0. The molecular formula is C19H16F4N2O3S. The van der Waals surface area contributed by atoms with Gasteiger partial charge >= 0.3 is 6.18 Å². The third kappa shape index (κ3) is 5.42. The van der Waals surface area contributed by atoms with Gasteiger partial charge in [0.1, 0.15) is 5.82 Å². The smallest absolute Gasteiger partial charge is 0.270 e. The average molecular weight is 428 g/mol. The summed E-state index contributed by atoms with van der Waals surface area (Å²) in [6.45, 7) is -0.0378.